The molecule has 0 aliphatic carbocycles. The van der Waals surface area contributed by atoms with Crippen LogP contribution in [-0.2, 0) is 12.8 Å². The van der Waals surface area contributed by atoms with E-state index in [2.05, 4.69) is 9.98 Å². The van der Waals surface area contributed by atoms with E-state index in [1.165, 1.54) is 0 Å². The minimum absolute atomic E-state index is 0.311. The first-order valence-corrected chi connectivity index (χ1v) is 11.0. The van der Waals surface area contributed by atoms with Crippen LogP contribution in [0.25, 0.3) is 0 Å². The van der Waals surface area contributed by atoms with Crippen molar-refractivity contribution in [2.45, 2.75) is 44.9 Å². The molecule has 1 heterocycles. The zero-order valence-corrected chi connectivity index (χ0v) is 17.7. The van der Waals surface area contributed by atoms with Gasteiger partial charge in [-0.05, 0) is 61.1 Å². The van der Waals surface area contributed by atoms with Gasteiger partial charge >= 0.3 is 0 Å². The summed E-state index contributed by atoms with van der Waals surface area (Å²) in [4.78, 5) is 9.18. The number of aryl methyl sites for hydroxylation is 2. The molecule has 0 saturated heterocycles. The number of rotatable bonds is 0. The summed E-state index contributed by atoms with van der Waals surface area (Å²) in [5.41, 5.74) is 4.76. The van der Waals surface area contributed by atoms with Crippen LogP contribution in [0, 0.1) is 0 Å². The molecule has 4 rings (SSSR count). The average Bonchev–Trinajstić information content (AvgIpc) is 2.79. The number of para-hydroxylation sites is 4. The fourth-order valence-electron chi connectivity index (χ4n) is 3.96. The molecule has 0 spiro atoms. The average molecular weight is 413 g/mol. The van der Waals surface area contributed by atoms with Gasteiger partial charge in [0.2, 0.25) is 0 Å². The third-order valence-electron chi connectivity index (χ3n) is 5.76. The Bertz CT molecular complexity index is 1020. The topological polar surface area (TPSA) is 65.2 Å². The smallest absolute Gasteiger partial charge is 0.127 e. The first-order chi connectivity index (χ1) is 15.2. The van der Waals surface area contributed by atoms with E-state index in [1.54, 1.807) is 12.4 Å². The van der Waals surface area contributed by atoms with E-state index in [-0.39, 0.29) is 0 Å². The molecule has 4 nitrogen and oxygen atoms in total. The molecule has 158 valence electrons. The van der Waals surface area contributed by atoms with E-state index in [0.29, 0.717) is 34.0 Å². The zero-order valence-electron chi connectivity index (χ0n) is 17.7. The summed E-state index contributed by atoms with van der Waals surface area (Å²) < 4.78 is 0. The van der Waals surface area contributed by atoms with Gasteiger partial charge in [-0.15, -0.1) is 0 Å². The van der Waals surface area contributed by atoms with E-state index in [0.717, 1.165) is 56.1 Å². The molecule has 3 aromatic rings. The van der Waals surface area contributed by atoms with Crippen molar-refractivity contribution in [3.05, 3.63) is 82.9 Å². The number of benzene rings is 3. The van der Waals surface area contributed by atoms with Gasteiger partial charge in [-0.3, -0.25) is 9.98 Å². The second-order valence-corrected chi connectivity index (χ2v) is 7.98. The van der Waals surface area contributed by atoms with Gasteiger partial charge in [-0.2, -0.15) is 0 Å². The number of phenolic OH excluding ortho intramolecular Hbond substituents is 2. The summed E-state index contributed by atoms with van der Waals surface area (Å²) in [6.07, 6.45) is 10.6. The number of fused-ring (bicyclic) bond motifs is 5. The molecule has 0 saturated carbocycles. The standard InChI is InChI=1S/C27H28N2O2/c30-26-20-10-4-2-1-3-5-11-21-13-9-15-23(27(21)31)19-29-25-17-7-6-16-24(25)28-18-22(26)14-8-12-20/h6-9,12-19,30-31H,1-5,10-11H2. The molecule has 31 heavy (non-hydrogen) atoms. The Hall–Kier alpha value is -3.40. The maximum atomic E-state index is 10.7. The first kappa shape index (κ1) is 20.9. The third kappa shape index (κ3) is 5.21. The summed E-state index contributed by atoms with van der Waals surface area (Å²) in [6, 6.07) is 19.3. The Morgan fingerprint density at radius 1 is 0.516 bits per heavy atom. The highest BCUT2D eigenvalue weighted by Gasteiger charge is 2.08. The van der Waals surface area contributed by atoms with Gasteiger partial charge in [-0.1, -0.05) is 55.7 Å². The molecule has 1 aliphatic rings. The van der Waals surface area contributed by atoms with Crippen molar-refractivity contribution in [2.24, 2.45) is 9.98 Å². The lowest BCUT2D eigenvalue weighted by molar-refractivity contribution is 0.464. The Morgan fingerprint density at radius 3 is 1.45 bits per heavy atom. The molecule has 4 bridgehead atoms. The van der Waals surface area contributed by atoms with Crippen molar-refractivity contribution in [3.8, 4) is 11.5 Å². The molecule has 3 aromatic carbocycles. The van der Waals surface area contributed by atoms with Gasteiger partial charge in [0.05, 0.1) is 11.4 Å². The van der Waals surface area contributed by atoms with Crippen LogP contribution in [0.1, 0.15) is 54.4 Å². The normalized spacial score (nSPS) is 14.8. The van der Waals surface area contributed by atoms with Gasteiger partial charge in [-0.25, -0.2) is 0 Å². The van der Waals surface area contributed by atoms with Gasteiger partial charge in [0.1, 0.15) is 11.5 Å². The maximum absolute atomic E-state index is 10.7. The lowest BCUT2D eigenvalue weighted by atomic mass is 10.0. The van der Waals surface area contributed by atoms with Crippen molar-refractivity contribution in [3.63, 3.8) is 0 Å². The van der Waals surface area contributed by atoms with Crippen LogP contribution in [0.2, 0.25) is 0 Å². The second-order valence-electron chi connectivity index (χ2n) is 7.98. The fourth-order valence-corrected chi connectivity index (χ4v) is 3.96. The first-order valence-electron chi connectivity index (χ1n) is 11.0. The van der Waals surface area contributed by atoms with Crippen LogP contribution in [0.15, 0.2) is 70.6 Å². The van der Waals surface area contributed by atoms with E-state index < -0.39 is 0 Å². The highest BCUT2D eigenvalue weighted by molar-refractivity contribution is 5.89. The van der Waals surface area contributed by atoms with Crippen LogP contribution in [0.3, 0.4) is 0 Å². The molecule has 4 heteroatoms. The van der Waals surface area contributed by atoms with E-state index in [9.17, 15) is 10.2 Å². The summed E-state index contributed by atoms with van der Waals surface area (Å²) in [7, 11) is 0. The number of phenols is 2. The largest absolute Gasteiger partial charge is 0.507 e. The van der Waals surface area contributed by atoms with Crippen LogP contribution in [-0.4, -0.2) is 22.6 Å². The summed E-state index contributed by atoms with van der Waals surface area (Å²) in [6.45, 7) is 0. The number of hydrogen-bond acceptors (Lipinski definition) is 4. The molecule has 0 radical (unpaired) electrons. The summed E-state index contributed by atoms with van der Waals surface area (Å²) >= 11 is 0. The van der Waals surface area contributed by atoms with Gasteiger partial charge in [0.25, 0.3) is 0 Å². The van der Waals surface area contributed by atoms with Gasteiger partial charge < -0.3 is 10.2 Å². The Morgan fingerprint density at radius 2 is 0.968 bits per heavy atom. The Balaban J connectivity index is 1.71. The summed E-state index contributed by atoms with van der Waals surface area (Å²) in [5.74, 6) is 0.622. The van der Waals surface area contributed by atoms with Crippen LogP contribution in [0.4, 0.5) is 11.4 Å². The quantitative estimate of drug-likeness (QED) is 0.434. The highest BCUT2D eigenvalue weighted by Crippen LogP contribution is 2.30. The van der Waals surface area contributed by atoms with Gasteiger partial charge in [0.15, 0.2) is 0 Å². The predicted molar refractivity (Wildman–Crippen MR) is 128 cm³/mol. The molecular formula is C27H28N2O2. The van der Waals surface area contributed by atoms with Gasteiger partial charge in [0, 0.05) is 23.6 Å². The molecule has 2 N–H and O–H groups in total. The van der Waals surface area contributed by atoms with Crippen molar-refractivity contribution >= 4 is 23.8 Å². The fraction of sp³-hybridized carbons (Fsp3) is 0.259. The van der Waals surface area contributed by atoms with Crippen LogP contribution < -0.4 is 0 Å². The monoisotopic (exact) mass is 412 g/mol. The molecule has 0 atom stereocenters. The second kappa shape index (κ2) is 10.1. The number of aromatic hydroxyl groups is 2. The highest BCUT2D eigenvalue weighted by atomic mass is 16.3. The zero-order chi connectivity index (χ0) is 21.5. The number of aliphatic imine (C=N–C) groups is 2. The van der Waals surface area contributed by atoms with Crippen molar-refractivity contribution in [2.75, 3.05) is 0 Å². The number of nitrogens with zero attached hydrogens (tertiary/aromatic N) is 2. The van der Waals surface area contributed by atoms with E-state index >= 15 is 0 Å². The van der Waals surface area contributed by atoms with Crippen LogP contribution in [0.5, 0.6) is 11.5 Å². The Kier molecular flexibility index (Phi) is 6.78. The van der Waals surface area contributed by atoms with Crippen molar-refractivity contribution in [1.29, 1.82) is 0 Å². The lowest BCUT2D eigenvalue weighted by Gasteiger charge is -2.08. The molecule has 0 fully saturated rings. The molecular weight excluding hydrogens is 384 g/mol. The van der Waals surface area contributed by atoms with Crippen molar-refractivity contribution < 1.29 is 10.2 Å². The predicted octanol–water partition coefficient (Wildman–Crippen LogP) is 6.65. The van der Waals surface area contributed by atoms with E-state index in [1.807, 2.05) is 60.7 Å². The molecule has 0 amide bonds. The maximum Gasteiger partial charge on any atom is 0.127 e. The SMILES string of the molecule is Oc1c2cccc1CCCCCCCc1cccc(c1O)C=Nc1ccccc1N=C2. The molecule has 0 aromatic heterocycles. The minimum Gasteiger partial charge on any atom is -0.507 e. The Labute approximate surface area is 183 Å². The molecule has 1 aliphatic heterocycles. The minimum atomic E-state index is 0.311. The molecule has 0 unspecified atom stereocenters. The summed E-state index contributed by atoms with van der Waals surface area (Å²) in [5, 5.41) is 21.4. The lowest BCUT2D eigenvalue weighted by Crippen LogP contribution is -1.92. The van der Waals surface area contributed by atoms with Crippen LogP contribution >= 0.6 is 0 Å². The third-order valence-corrected chi connectivity index (χ3v) is 5.76. The van der Waals surface area contributed by atoms with Crippen molar-refractivity contribution in [1.82, 2.24) is 0 Å². The number of hydrogen-bond donors (Lipinski definition) is 2. The van der Waals surface area contributed by atoms with E-state index in [4.69, 9.17) is 0 Å².